The third kappa shape index (κ3) is 5.72. The van der Waals surface area contributed by atoms with Gasteiger partial charge in [0.1, 0.15) is 11.6 Å². The monoisotopic (exact) mass is 448 g/mol. The van der Waals surface area contributed by atoms with Crippen LogP contribution < -0.4 is 14.8 Å². The summed E-state index contributed by atoms with van der Waals surface area (Å²) >= 11 is 1.23. The first-order chi connectivity index (χ1) is 14.9. The Balaban J connectivity index is 1.64. The zero-order chi connectivity index (χ0) is 22.4. The normalized spacial score (nSPS) is 11.8. The average Bonchev–Trinajstić information content (AvgIpc) is 3.17. The van der Waals surface area contributed by atoms with Crippen LogP contribution in [-0.2, 0) is 11.3 Å². The van der Waals surface area contributed by atoms with Crippen LogP contribution in [0.15, 0.2) is 47.6 Å². The van der Waals surface area contributed by atoms with E-state index in [2.05, 4.69) is 15.5 Å². The van der Waals surface area contributed by atoms with Gasteiger partial charge in [-0.25, -0.2) is 8.78 Å². The minimum absolute atomic E-state index is 0.0774. The second-order valence-electron chi connectivity index (χ2n) is 6.49. The van der Waals surface area contributed by atoms with Crippen LogP contribution >= 0.6 is 11.8 Å². The number of anilines is 1. The molecule has 7 nitrogen and oxygen atoms in total. The van der Waals surface area contributed by atoms with Crippen LogP contribution in [0, 0.1) is 11.6 Å². The van der Waals surface area contributed by atoms with Gasteiger partial charge in [-0.3, -0.25) is 4.79 Å². The van der Waals surface area contributed by atoms with Crippen molar-refractivity contribution in [2.75, 3.05) is 18.2 Å². The maximum atomic E-state index is 13.9. The number of thioether (sulfide) groups is 1. The van der Waals surface area contributed by atoms with Crippen molar-refractivity contribution in [1.82, 2.24) is 14.8 Å². The second-order valence-corrected chi connectivity index (χ2v) is 7.43. The molecule has 0 aliphatic heterocycles. The molecule has 1 unspecified atom stereocenters. The van der Waals surface area contributed by atoms with E-state index in [1.54, 1.807) is 42.9 Å². The van der Waals surface area contributed by atoms with E-state index in [1.165, 1.54) is 17.8 Å². The molecular weight excluding hydrogens is 426 g/mol. The molecule has 0 aliphatic rings. The second kappa shape index (κ2) is 10.3. The lowest BCUT2D eigenvalue weighted by Gasteiger charge is -2.16. The Morgan fingerprint density at radius 1 is 1.23 bits per heavy atom. The first-order valence-electron chi connectivity index (χ1n) is 9.52. The largest absolute Gasteiger partial charge is 0.497 e. The fraction of sp³-hybridized carbons (Fsp3) is 0.286. The predicted molar refractivity (Wildman–Crippen MR) is 113 cm³/mol. The van der Waals surface area contributed by atoms with E-state index in [4.69, 9.17) is 9.47 Å². The molecule has 0 spiro atoms. The van der Waals surface area contributed by atoms with Gasteiger partial charge in [-0.05, 0) is 38.1 Å². The van der Waals surface area contributed by atoms with Crippen molar-refractivity contribution in [2.24, 2.45) is 0 Å². The predicted octanol–water partition coefficient (Wildman–Crippen LogP) is 4.46. The summed E-state index contributed by atoms with van der Waals surface area (Å²) in [6.45, 7) is 4.13. The number of hydrogen-bond acceptors (Lipinski definition) is 6. The summed E-state index contributed by atoms with van der Waals surface area (Å²) in [4.78, 5) is 12.3. The molecule has 0 bridgehead atoms. The molecule has 1 heterocycles. The average molecular weight is 448 g/mol. The van der Waals surface area contributed by atoms with Gasteiger partial charge in [0, 0.05) is 24.4 Å². The van der Waals surface area contributed by atoms with Crippen molar-refractivity contribution in [3.05, 3.63) is 59.9 Å². The van der Waals surface area contributed by atoms with E-state index in [0.29, 0.717) is 29.0 Å². The number of benzene rings is 2. The molecule has 31 heavy (non-hydrogen) atoms. The molecule has 1 amide bonds. The molecule has 0 saturated carbocycles. The number of nitrogens with zero attached hydrogens (tertiary/aromatic N) is 3. The van der Waals surface area contributed by atoms with E-state index in [9.17, 15) is 13.6 Å². The number of amides is 1. The highest BCUT2D eigenvalue weighted by atomic mass is 32.2. The standard InChI is InChI=1S/C21H22F2N4O3S/c1-4-27-20(13(2)30-18-9-8-14(22)10-17(18)23)25-26-21(27)31-12-19(28)24-15-6-5-7-16(11-15)29-3/h5-11,13H,4,12H2,1-3H3,(H,24,28). The lowest BCUT2D eigenvalue weighted by atomic mass is 10.3. The zero-order valence-electron chi connectivity index (χ0n) is 17.3. The summed E-state index contributed by atoms with van der Waals surface area (Å²) in [6.07, 6.45) is -0.632. The molecule has 1 N–H and O–H groups in total. The van der Waals surface area contributed by atoms with Crippen LogP contribution in [0.1, 0.15) is 25.8 Å². The van der Waals surface area contributed by atoms with E-state index in [0.717, 1.165) is 12.1 Å². The number of carbonyl (C=O) groups is 1. The summed E-state index contributed by atoms with van der Waals surface area (Å²) in [5, 5.41) is 11.6. The molecule has 1 aromatic heterocycles. The fourth-order valence-corrected chi connectivity index (χ4v) is 3.66. The Morgan fingerprint density at radius 3 is 2.74 bits per heavy atom. The van der Waals surface area contributed by atoms with E-state index in [-0.39, 0.29) is 17.4 Å². The summed E-state index contributed by atoms with van der Waals surface area (Å²) in [7, 11) is 1.56. The number of ether oxygens (including phenoxy) is 2. The van der Waals surface area contributed by atoms with Crippen molar-refractivity contribution < 1.29 is 23.0 Å². The first-order valence-corrected chi connectivity index (χ1v) is 10.5. The fourth-order valence-electron chi connectivity index (χ4n) is 2.85. The van der Waals surface area contributed by atoms with Gasteiger partial charge in [-0.1, -0.05) is 17.8 Å². The van der Waals surface area contributed by atoms with Crippen LogP contribution in [0.4, 0.5) is 14.5 Å². The Labute approximate surface area is 182 Å². The van der Waals surface area contributed by atoms with Crippen molar-refractivity contribution >= 4 is 23.4 Å². The number of rotatable bonds is 9. The lowest BCUT2D eigenvalue weighted by molar-refractivity contribution is -0.113. The minimum Gasteiger partial charge on any atom is -0.497 e. The van der Waals surface area contributed by atoms with Gasteiger partial charge >= 0.3 is 0 Å². The van der Waals surface area contributed by atoms with E-state index >= 15 is 0 Å². The number of nitrogens with one attached hydrogen (secondary N) is 1. The van der Waals surface area contributed by atoms with Gasteiger partial charge in [0.15, 0.2) is 28.7 Å². The molecule has 10 heteroatoms. The molecule has 3 aromatic rings. The Kier molecular flexibility index (Phi) is 7.45. The summed E-state index contributed by atoms with van der Waals surface area (Å²) in [5.41, 5.74) is 0.631. The molecule has 1 atom stereocenters. The Morgan fingerprint density at radius 2 is 2.03 bits per heavy atom. The van der Waals surface area contributed by atoms with Crippen LogP contribution in [0.2, 0.25) is 0 Å². The summed E-state index contributed by atoms with van der Waals surface area (Å²) < 4.78 is 39.5. The smallest absolute Gasteiger partial charge is 0.234 e. The van der Waals surface area contributed by atoms with Gasteiger partial charge in [-0.15, -0.1) is 10.2 Å². The van der Waals surface area contributed by atoms with Crippen molar-refractivity contribution in [1.29, 1.82) is 0 Å². The number of aromatic nitrogens is 3. The topological polar surface area (TPSA) is 78.3 Å². The van der Waals surface area contributed by atoms with Crippen molar-refractivity contribution in [3.63, 3.8) is 0 Å². The molecule has 0 fully saturated rings. The Bertz CT molecular complexity index is 1060. The van der Waals surface area contributed by atoms with Crippen LogP contribution in [0.25, 0.3) is 0 Å². The van der Waals surface area contributed by atoms with Crippen molar-refractivity contribution in [3.8, 4) is 11.5 Å². The van der Waals surface area contributed by atoms with Gasteiger partial charge in [0.25, 0.3) is 0 Å². The third-order valence-corrected chi connectivity index (χ3v) is 5.28. The highest BCUT2D eigenvalue weighted by Crippen LogP contribution is 2.27. The number of methoxy groups -OCH3 is 1. The van der Waals surface area contributed by atoms with E-state index in [1.807, 2.05) is 6.92 Å². The van der Waals surface area contributed by atoms with Gasteiger partial charge in [0.05, 0.1) is 12.9 Å². The maximum absolute atomic E-state index is 13.9. The first kappa shape index (κ1) is 22.5. The number of halogens is 2. The number of carbonyl (C=O) groups excluding carboxylic acids is 1. The molecular formula is C21H22F2N4O3S. The molecule has 0 aliphatic carbocycles. The number of hydrogen-bond donors (Lipinski definition) is 1. The van der Waals surface area contributed by atoms with Crippen LogP contribution in [0.3, 0.4) is 0 Å². The highest BCUT2D eigenvalue weighted by molar-refractivity contribution is 7.99. The maximum Gasteiger partial charge on any atom is 0.234 e. The quantitative estimate of drug-likeness (QED) is 0.487. The van der Waals surface area contributed by atoms with Gasteiger partial charge in [0.2, 0.25) is 5.91 Å². The molecule has 0 radical (unpaired) electrons. The Hall–Kier alpha value is -3.14. The third-order valence-electron chi connectivity index (χ3n) is 4.31. The molecule has 3 rings (SSSR count). The molecule has 164 valence electrons. The summed E-state index contributed by atoms with van der Waals surface area (Å²) in [6, 6.07) is 10.2. The van der Waals surface area contributed by atoms with E-state index < -0.39 is 17.7 Å². The molecule has 2 aromatic carbocycles. The van der Waals surface area contributed by atoms with Crippen molar-refractivity contribution in [2.45, 2.75) is 31.7 Å². The molecule has 0 saturated heterocycles. The lowest BCUT2D eigenvalue weighted by Crippen LogP contribution is -2.15. The van der Waals surface area contributed by atoms with Gasteiger partial charge in [-0.2, -0.15) is 0 Å². The van der Waals surface area contributed by atoms with Crippen LogP contribution in [0.5, 0.6) is 11.5 Å². The summed E-state index contributed by atoms with van der Waals surface area (Å²) in [5.74, 6) is -0.515. The SMILES string of the molecule is CCn1c(SCC(=O)Nc2cccc(OC)c2)nnc1C(C)Oc1ccc(F)cc1F. The van der Waals surface area contributed by atoms with Crippen LogP contribution in [-0.4, -0.2) is 33.5 Å². The zero-order valence-corrected chi connectivity index (χ0v) is 18.1. The van der Waals surface area contributed by atoms with Gasteiger partial charge < -0.3 is 19.4 Å². The minimum atomic E-state index is -0.793. The highest BCUT2D eigenvalue weighted by Gasteiger charge is 2.20.